The van der Waals surface area contributed by atoms with Gasteiger partial charge in [0.05, 0.1) is 4.92 Å². The molecular weight excluding hydrogens is 210 g/mol. The highest BCUT2D eigenvalue weighted by molar-refractivity contribution is 5.94. The first kappa shape index (κ1) is 12.3. The number of hydrazine groups is 1. The van der Waals surface area contributed by atoms with Crippen molar-refractivity contribution in [3.63, 3.8) is 0 Å². The van der Waals surface area contributed by atoms with Crippen LogP contribution in [0.25, 0.3) is 0 Å². The van der Waals surface area contributed by atoms with Crippen molar-refractivity contribution in [3.05, 3.63) is 39.9 Å². The van der Waals surface area contributed by atoms with Gasteiger partial charge < -0.3 is 0 Å². The van der Waals surface area contributed by atoms with Crippen LogP contribution in [0.4, 0.5) is 5.69 Å². The summed E-state index contributed by atoms with van der Waals surface area (Å²) in [4.78, 5) is 20.7. The maximum absolute atomic E-state index is 10.9. The summed E-state index contributed by atoms with van der Waals surface area (Å²) >= 11 is 0. The molecule has 1 rings (SSSR count). The molecule has 0 radical (unpaired) electrons. The second-order valence-corrected chi connectivity index (χ2v) is 2.28. The van der Waals surface area contributed by atoms with Gasteiger partial charge in [-0.1, -0.05) is 6.07 Å². The molecule has 1 aromatic rings. The third-order valence-corrected chi connectivity index (χ3v) is 1.45. The Morgan fingerprint density at radius 1 is 1.50 bits per heavy atom. The SMILES string of the molecule is Cl.NNC(=O)c1cccc([N+](=O)[O-])c1. The highest BCUT2D eigenvalue weighted by atomic mass is 35.5. The molecule has 0 unspecified atom stereocenters. The quantitative estimate of drug-likeness (QED) is 0.328. The molecule has 6 nitrogen and oxygen atoms in total. The van der Waals surface area contributed by atoms with Crippen LogP contribution in [-0.4, -0.2) is 10.8 Å². The fourth-order valence-electron chi connectivity index (χ4n) is 0.844. The summed E-state index contributed by atoms with van der Waals surface area (Å²) in [6.45, 7) is 0. The van der Waals surface area contributed by atoms with E-state index in [4.69, 9.17) is 5.84 Å². The van der Waals surface area contributed by atoms with Crippen LogP contribution >= 0.6 is 12.4 Å². The maximum atomic E-state index is 10.9. The lowest BCUT2D eigenvalue weighted by Gasteiger charge is -1.97. The lowest BCUT2D eigenvalue weighted by molar-refractivity contribution is -0.384. The van der Waals surface area contributed by atoms with Gasteiger partial charge in [-0.25, -0.2) is 5.84 Å². The van der Waals surface area contributed by atoms with Crippen LogP contribution in [0.3, 0.4) is 0 Å². The van der Waals surface area contributed by atoms with E-state index in [-0.39, 0.29) is 23.7 Å². The molecule has 0 aliphatic rings. The Morgan fingerprint density at radius 2 is 2.14 bits per heavy atom. The van der Waals surface area contributed by atoms with E-state index in [1.54, 1.807) is 0 Å². The Balaban J connectivity index is 0.00000169. The van der Waals surface area contributed by atoms with Gasteiger partial charge in [-0.2, -0.15) is 0 Å². The number of nitrogens with two attached hydrogens (primary N) is 1. The van der Waals surface area contributed by atoms with Gasteiger partial charge in [0.2, 0.25) is 0 Å². The molecule has 76 valence electrons. The fourth-order valence-corrected chi connectivity index (χ4v) is 0.844. The molecule has 0 fully saturated rings. The molecular formula is C7H8ClN3O3. The number of nitrogens with zero attached hydrogens (tertiary/aromatic N) is 1. The highest BCUT2D eigenvalue weighted by Gasteiger charge is 2.09. The van der Waals surface area contributed by atoms with Crippen molar-refractivity contribution >= 4 is 24.0 Å². The Morgan fingerprint density at radius 3 is 2.64 bits per heavy atom. The van der Waals surface area contributed by atoms with Gasteiger partial charge in [0.1, 0.15) is 0 Å². The Bertz CT molecular complexity index is 356. The Labute approximate surface area is 85.6 Å². The maximum Gasteiger partial charge on any atom is 0.270 e. The Hall–Kier alpha value is -1.66. The molecule has 1 aromatic carbocycles. The number of nitrogen functional groups attached to an aromatic ring is 1. The average Bonchev–Trinajstić information content (AvgIpc) is 2.17. The fraction of sp³-hybridized carbons (Fsp3) is 0. The standard InChI is InChI=1S/C7H7N3O3.ClH/c8-9-7(11)5-2-1-3-6(4-5)10(12)13;/h1-4H,8H2,(H,9,11);1H. The summed E-state index contributed by atoms with van der Waals surface area (Å²) in [5, 5.41) is 10.3. The van der Waals surface area contributed by atoms with E-state index in [2.05, 4.69) is 0 Å². The van der Waals surface area contributed by atoms with Crippen LogP contribution in [0.15, 0.2) is 24.3 Å². The van der Waals surface area contributed by atoms with Crippen LogP contribution < -0.4 is 11.3 Å². The molecule has 1 amide bonds. The topological polar surface area (TPSA) is 98.3 Å². The van der Waals surface area contributed by atoms with Crippen molar-refractivity contribution < 1.29 is 9.72 Å². The van der Waals surface area contributed by atoms with E-state index >= 15 is 0 Å². The van der Waals surface area contributed by atoms with Crippen molar-refractivity contribution in [3.8, 4) is 0 Å². The van der Waals surface area contributed by atoms with Crippen LogP contribution in [0.2, 0.25) is 0 Å². The number of non-ortho nitro benzene ring substituents is 1. The zero-order valence-corrected chi connectivity index (χ0v) is 7.78. The van der Waals surface area contributed by atoms with Crippen LogP contribution in [0.5, 0.6) is 0 Å². The molecule has 0 spiro atoms. The van der Waals surface area contributed by atoms with Crippen molar-refractivity contribution in [2.24, 2.45) is 5.84 Å². The van der Waals surface area contributed by atoms with Crippen molar-refractivity contribution in [2.45, 2.75) is 0 Å². The second kappa shape index (κ2) is 5.15. The molecule has 0 bridgehead atoms. The third kappa shape index (κ3) is 2.68. The molecule has 0 atom stereocenters. The van der Waals surface area contributed by atoms with E-state index in [9.17, 15) is 14.9 Å². The van der Waals surface area contributed by atoms with Crippen molar-refractivity contribution in [1.82, 2.24) is 5.43 Å². The van der Waals surface area contributed by atoms with Gasteiger partial charge in [-0.05, 0) is 6.07 Å². The van der Waals surface area contributed by atoms with Gasteiger partial charge in [0.25, 0.3) is 11.6 Å². The predicted molar refractivity (Wildman–Crippen MR) is 52.0 cm³/mol. The number of hydrogen-bond donors (Lipinski definition) is 2. The van der Waals surface area contributed by atoms with E-state index in [1.165, 1.54) is 18.2 Å². The zero-order chi connectivity index (χ0) is 9.84. The molecule has 3 N–H and O–H groups in total. The van der Waals surface area contributed by atoms with Crippen molar-refractivity contribution in [1.29, 1.82) is 0 Å². The minimum Gasteiger partial charge on any atom is -0.290 e. The average molecular weight is 218 g/mol. The number of halogens is 1. The van der Waals surface area contributed by atoms with Gasteiger partial charge in [-0.15, -0.1) is 12.4 Å². The third-order valence-electron chi connectivity index (χ3n) is 1.45. The van der Waals surface area contributed by atoms with E-state index in [1.807, 2.05) is 5.43 Å². The summed E-state index contributed by atoms with van der Waals surface area (Å²) in [7, 11) is 0. The Kier molecular flexibility index (Phi) is 4.54. The number of hydrogen-bond acceptors (Lipinski definition) is 4. The molecule has 0 aromatic heterocycles. The zero-order valence-electron chi connectivity index (χ0n) is 6.97. The molecule has 0 aliphatic heterocycles. The van der Waals surface area contributed by atoms with Crippen LogP contribution in [-0.2, 0) is 0 Å². The number of amides is 1. The normalized spacial score (nSPS) is 8.64. The number of nitro groups is 1. The molecule has 14 heavy (non-hydrogen) atoms. The van der Waals surface area contributed by atoms with Crippen molar-refractivity contribution in [2.75, 3.05) is 0 Å². The molecule has 0 heterocycles. The molecule has 7 heteroatoms. The molecule has 0 saturated heterocycles. The number of nitro benzene ring substituents is 1. The first-order valence-corrected chi connectivity index (χ1v) is 3.40. The molecule has 0 saturated carbocycles. The lowest BCUT2D eigenvalue weighted by Crippen LogP contribution is -2.29. The number of benzene rings is 1. The second-order valence-electron chi connectivity index (χ2n) is 2.28. The largest absolute Gasteiger partial charge is 0.290 e. The first-order valence-electron chi connectivity index (χ1n) is 3.40. The van der Waals surface area contributed by atoms with Crippen LogP contribution in [0, 0.1) is 10.1 Å². The number of nitrogens with one attached hydrogen (secondary N) is 1. The van der Waals surface area contributed by atoms with Gasteiger partial charge >= 0.3 is 0 Å². The summed E-state index contributed by atoms with van der Waals surface area (Å²) in [6, 6.07) is 5.31. The van der Waals surface area contributed by atoms with E-state index < -0.39 is 10.8 Å². The number of carbonyl (C=O) groups excluding carboxylic acids is 1. The smallest absolute Gasteiger partial charge is 0.270 e. The minimum absolute atomic E-state index is 0. The highest BCUT2D eigenvalue weighted by Crippen LogP contribution is 2.12. The summed E-state index contributed by atoms with van der Waals surface area (Å²) < 4.78 is 0. The summed E-state index contributed by atoms with van der Waals surface area (Å²) in [6.07, 6.45) is 0. The van der Waals surface area contributed by atoms with Crippen LogP contribution in [0.1, 0.15) is 10.4 Å². The lowest BCUT2D eigenvalue weighted by atomic mass is 10.2. The monoisotopic (exact) mass is 217 g/mol. The van der Waals surface area contributed by atoms with Gasteiger partial charge in [0, 0.05) is 17.7 Å². The first-order chi connectivity index (χ1) is 6.15. The number of rotatable bonds is 2. The molecule has 0 aliphatic carbocycles. The van der Waals surface area contributed by atoms with E-state index in [0.717, 1.165) is 6.07 Å². The summed E-state index contributed by atoms with van der Waals surface area (Å²) in [5.41, 5.74) is 1.91. The summed E-state index contributed by atoms with van der Waals surface area (Å²) in [5.74, 6) is 4.31. The predicted octanol–water partition coefficient (Wildman–Crippen LogP) is 0.620. The van der Waals surface area contributed by atoms with Gasteiger partial charge in [-0.3, -0.25) is 20.3 Å². The minimum atomic E-state index is -0.576. The van der Waals surface area contributed by atoms with Gasteiger partial charge in [0.15, 0.2) is 0 Å². The van der Waals surface area contributed by atoms with E-state index in [0.29, 0.717) is 0 Å². The number of carbonyl (C=O) groups is 1.